The van der Waals surface area contributed by atoms with Gasteiger partial charge in [-0.2, -0.15) is 31.2 Å². The first-order valence-corrected chi connectivity index (χ1v) is 10.5. The number of fused-ring (bicyclic) bond motifs is 1. The molecule has 0 spiro atoms. The summed E-state index contributed by atoms with van der Waals surface area (Å²) in [6.45, 7) is 2.70. The molecule has 0 amide bonds. The third-order valence-corrected chi connectivity index (χ3v) is 5.99. The van der Waals surface area contributed by atoms with Gasteiger partial charge < -0.3 is 4.57 Å². The second kappa shape index (κ2) is 7.21. The topological polar surface area (TPSA) is 68.9 Å². The van der Waals surface area contributed by atoms with Gasteiger partial charge in [-0.1, -0.05) is 24.3 Å². The van der Waals surface area contributed by atoms with Crippen LogP contribution in [0.5, 0.6) is 0 Å². The molecule has 0 bridgehead atoms. The minimum atomic E-state index is -4.76. The molecule has 10 heteroatoms. The first kappa shape index (κ1) is 20.0. The standard InChI is InChI=1S/C20H17F3N4O2S/c1-2-26-11-10-15-12-14(8-9-18(15)26)17-13-27(24-19(17)20(21,22)23)25-30(28,29)16-6-4-3-5-7-16/h3-13,25H,2H2,1H3. The number of rotatable bonds is 5. The Hall–Kier alpha value is -3.27. The Balaban J connectivity index is 1.78. The van der Waals surface area contributed by atoms with Crippen molar-refractivity contribution in [2.45, 2.75) is 24.5 Å². The van der Waals surface area contributed by atoms with Gasteiger partial charge >= 0.3 is 6.18 Å². The van der Waals surface area contributed by atoms with Crippen molar-refractivity contribution in [2.75, 3.05) is 4.83 Å². The van der Waals surface area contributed by atoms with Crippen molar-refractivity contribution in [1.29, 1.82) is 0 Å². The van der Waals surface area contributed by atoms with Crippen LogP contribution in [0.4, 0.5) is 13.2 Å². The number of hydrogen-bond acceptors (Lipinski definition) is 3. The largest absolute Gasteiger partial charge is 0.435 e. The molecule has 1 N–H and O–H groups in total. The molecule has 4 aromatic rings. The number of halogens is 3. The second-order valence-electron chi connectivity index (χ2n) is 6.62. The summed E-state index contributed by atoms with van der Waals surface area (Å²) in [5.41, 5.74) is -0.210. The Kier molecular flexibility index (Phi) is 4.81. The highest BCUT2D eigenvalue weighted by molar-refractivity contribution is 7.92. The van der Waals surface area contributed by atoms with Crippen molar-refractivity contribution in [3.63, 3.8) is 0 Å². The van der Waals surface area contributed by atoms with Crippen LogP contribution in [0.15, 0.2) is 71.9 Å². The first-order valence-electron chi connectivity index (χ1n) is 9.03. The zero-order valence-electron chi connectivity index (χ0n) is 15.8. The van der Waals surface area contributed by atoms with Gasteiger partial charge in [0.05, 0.1) is 11.1 Å². The zero-order chi connectivity index (χ0) is 21.5. The molecule has 0 aliphatic carbocycles. The van der Waals surface area contributed by atoms with Crippen LogP contribution in [0.1, 0.15) is 12.6 Å². The van der Waals surface area contributed by atoms with Crippen molar-refractivity contribution in [2.24, 2.45) is 0 Å². The molecule has 0 unspecified atom stereocenters. The number of aryl methyl sites for hydroxylation is 1. The third kappa shape index (κ3) is 3.65. The van der Waals surface area contributed by atoms with Crippen molar-refractivity contribution < 1.29 is 21.6 Å². The normalized spacial score (nSPS) is 12.4. The van der Waals surface area contributed by atoms with Crippen LogP contribution in [0.2, 0.25) is 0 Å². The summed E-state index contributed by atoms with van der Waals surface area (Å²) in [7, 11) is -4.10. The number of sulfonamides is 1. The third-order valence-electron chi connectivity index (χ3n) is 4.67. The number of nitrogens with one attached hydrogen (secondary N) is 1. The quantitative estimate of drug-likeness (QED) is 0.504. The molecule has 0 radical (unpaired) electrons. The molecule has 2 aromatic heterocycles. The Morgan fingerprint density at radius 2 is 1.80 bits per heavy atom. The minimum Gasteiger partial charge on any atom is -0.348 e. The SMILES string of the molecule is CCn1ccc2cc(-c3cn(NS(=O)(=O)c4ccccc4)nc3C(F)(F)F)ccc21. The molecule has 4 rings (SSSR count). The first-order chi connectivity index (χ1) is 14.2. The highest BCUT2D eigenvalue weighted by Crippen LogP contribution is 2.37. The summed E-state index contributed by atoms with van der Waals surface area (Å²) in [5, 5.41) is 4.24. The van der Waals surface area contributed by atoms with E-state index in [0.717, 1.165) is 23.6 Å². The van der Waals surface area contributed by atoms with E-state index in [-0.39, 0.29) is 16.0 Å². The Bertz CT molecular complexity index is 1310. The lowest BCUT2D eigenvalue weighted by molar-refractivity contribution is -0.140. The maximum atomic E-state index is 13.6. The second-order valence-corrected chi connectivity index (χ2v) is 8.28. The fourth-order valence-corrected chi connectivity index (χ4v) is 4.22. The Labute approximate surface area is 170 Å². The Morgan fingerprint density at radius 3 is 2.47 bits per heavy atom. The predicted octanol–water partition coefficient (Wildman–Crippen LogP) is 4.48. The van der Waals surface area contributed by atoms with Gasteiger partial charge in [-0.15, -0.1) is 5.10 Å². The lowest BCUT2D eigenvalue weighted by atomic mass is 10.0. The molecule has 0 saturated carbocycles. The van der Waals surface area contributed by atoms with E-state index in [0.29, 0.717) is 4.79 Å². The van der Waals surface area contributed by atoms with Crippen LogP contribution >= 0.6 is 0 Å². The van der Waals surface area contributed by atoms with Crippen LogP contribution in [-0.2, 0) is 22.7 Å². The van der Waals surface area contributed by atoms with Crippen LogP contribution in [0.25, 0.3) is 22.0 Å². The average Bonchev–Trinajstić information content (AvgIpc) is 3.31. The molecule has 2 heterocycles. The summed E-state index contributed by atoms with van der Waals surface area (Å²) < 4.78 is 67.8. The lowest BCUT2D eigenvalue weighted by Gasteiger charge is -2.07. The molecular formula is C20H17F3N4O2S. The van der Waals surface area contributed by atoms with E-state index in [9.17, 15) is 21.6 Å². The van der Waals surface area contributed by atoms with E-state index < -0.39 is 21.9 Å². The van der Waals surface area contributed by atoms with Gasteiger partial charge in [0.25, 0.3) is 10.0 Å². The summed E-state index contributed by atoms with van der Waals surface area (Å²) in [5.74, 6) is 0. The molecule has 0 fully saturated rings. The van der Waals surface area contributed by atoms with Gasteiger partial charge in [-0.25, -0.2) is 0 Å². The van der Waals surface area contributed by atoms with Crippen LogP contribution in [-0.4, -0.2) is 22.9 Å². The molecule has 0 aliphatic heterocycles. The minimum absolute atomic E-state index is 0.0852. The van der Waals surface area contributed by atoms with E-state index in [1.165, 1.54) is 24.3 Å². The molecule has 156 valence electrons. The van der Waals surface area contributed by atoms with Crippen LogP contribution in [0.3, 0.4) is 0 Å². The van der Waals surface area contributed by atoms with Gasteiger partial charge in [-0.3, -0.25) is 0 Å². The van der Waals surface area contributed by atoms with Gasteiger partial charge in [0, 0.05) is 29.2 Å². The maximum Gasteiger partial charge on any atom is 0.435 e. The van der Waals surface area contributed by atoms with Crippen molar-refractivity contribution in [3.8, 4) is 11.1 Å². The number of hydrogen-bond donors (Lipinski definition) is 1. The van der Waals surface area contributed by atoms with Crippen molar-refractivity contribution in [1.82, 2.24) is 14.5 Å². The molecule has 2 aromatic carbocycles. The number of benzene rings is 2. The highest BCUT2D eigenvalue weighted by Gasteiger charge is 2.38. The summed E-state index contributed by atoms with van der Waals surface area (Å²) in [6.07, 6.45) is -1.87. The molecule has 6 nitrogen and oxygen atoms in total. The molecule has 0 aliphatic rings. The fourth-order valence-electron chi connectivity index (χ4n) is 3.26. The maximum absolute atomic E-state index is 13.6. The predicted molar refractivity (Wildman–Crippen MR) is 107 cm³/mol. The lowest BCUT2D eigenvalue weighted by Crippen LogP contribution is -2.24. The molecular weight excluding hydrogens is 417 g/mol. The molecule has 0 atom stereocenters. The smallest absolute Gasteiger partial charge is 0.348 e. The number of nitrogens with zero attached hydrogens (tertiary/aromatic N) is 3. The molecule has 0 saturated heterocycles. The summed E-state index contributed by atoms with van der Waals surface area (Å²) >= 11 is 0. The summed E-state index contributed by atoms with van der Waals surface area (Å²) in [6, 6.07) is 14.1. The van der Waals surface area contributed by atoms with E-state index in [1.54, 1.807) is 24.3 Å². The zero-order valence-corrected chi connectivity index (χ0v) is 16.6. The highest BCUT2D eigenvalue weighted by atomic mass is 32.2. The van der Waals surface area contributed by atoms with E-state index >= 15 is 0 Å². The number of aromatic nitrogens is 3. The van der Waals surface area contributed by atoms with Crippen molar-refractivity contribution in [3.05, 3.63) is 72.7 Å². The van der Waals surface area contributed by atoms with Crippen LogP contribution in [0, 0.1) is 0 Å². The van der Waals surface area contributed by atoms with Gasteiger partial charge in [0.2, 0.25) is 0 Å². The van der Waals surface area contributed by atoms with E-state index in [2.05, 4.69) is 9.93 Å². The summed E-state index contributed by atoms with van der Waals surface area (Å²) in [4.78, 5) is 2.56. The number of alkyl halides is 3. The van der Waals surface area contributed by atoms with E-state index in [1.807, 2.05) is 23.8 Å². The van der Waals surface area contributed by atoms with Crippen LogP contribution < -0.4 is 4.83 Å². The molecule has 30 heavy (non-hydrogen) atoms. The van der Waals surface area contributed by atoms with Gasteiger partial charge in [-0.05, 0) is 42.8 Å². The fraction of sp³-hybridized carbons (Fsp3) is 0.150. The van der Waals surface area contributed by atoms with E-state index in [4.69, 9.17) is 0 Å². The van der Waals surface area contributed by atoms with Gasteiger partial charge in [0.15, 0.2) is 5.69 Å². The van der Waals surface area contributed by atoms with Crippen molar-refractivity contribution >= 4 is 20.9 Å². The monoisotopic (exact) mass is 434 g/mol. The Morgan fingerprint density at radius 1 is 1.07 bits per heavy atom. The average molecular weight is 434 g/mol. The van der Waals surface area contributed by atoms with Gasteiger partial charge in [0.1, 0.15) is 0 Å².